The quantitative estimate of drug-likeness (QED) is 0.310. The second kappa shape index (κ2) is 12.8. The van der Waals surface area contributed by atoms with Crippen molar-refractivity contribution in [1.82, 2.24) is 0 Å². The maximum absolute atomic E-state index is 11.0. The number of ether oxygens (including phenoxy) is 1. The largest absolute Gasteiger partial charge is 0.466 e. The van der Waals surface area contributed by atoms with Crippen LogP contribution >= 0.6 is 11.6 Å². The van der Waals surface area contributed by atoms with E-state index in [9.17, 15) is 4.79 Å². The average Bonchev–Trinajstić information content (AvgIpc) is 2.27. The van der Waals surface area contributed by atoms with Crippen LogP contribution in [0.2, 0.25) is 0 Å². The zero-order valence-electron chi connectivity index (χ0n) is 10.5. The van der Waals surface area contributed by atoms with Crippen LogP contribution in [0.1, 0.15) is 64.7 Å². The number of carbonyl (C=O) groups is 1. The van der Waals surface area contributed by atoms with Gasteiger partial charge in [0.25, 0.3) is 0 Å². The zero-order chi connectivity index (χ0) is 12.1. The van der Waals surface area contributed by atoms with Gasteiger partial charge in [0, 0.05) is 12.3 Å². The molecule has 16 heavy (non-hydrogen) atoms. The number of halogens is 1. The van der Waals surface area contributed by atoms with E-state index in [0.717, 1.165) is 25.1 Å². The fourth-order valence-corrected chi connectivity index (χ4v) is 1.85. The summed E-state index contributed by atoms with van der Waals surface area (Å²) in [7, 11) is 0. The maximum atomic E-state index is 11.0. The first-order valence-electron chi connectivity index (χ1n) is 6.52. The highest BCUT2D eigenvalue weighted by Crippen LogP contribution is 2.10. The lowest BCUT2D eigenvalue weighted by Crippen LogP contribution is -2.03. The standard InChI is InChI=1S/C13H25ClO2/c1-2-16-13(15)11-9-7-5-3-4-6-8-10-12-14/h2-12H2,1H3. The van der Waals surface area contributed by atoms with Crippen molar-refractivity contribution in [3.05, 3.63) is 0 Å². The number of esters is 1. The Balaban J connectivity index is 3.01. The average molecular weight is 249 g/mol. The molecule has 96 valence electrons. The van der Waals surface area contributed by atoms with Crippen LogP contribution < -0.4 is 0 Å². The van der Waals surface area contributed by atoms with E-state index in [1.165, 1.54) is 32.1 Å². The molecule has 0 aliphatic heterocycles. The van der Waals surface area contributed by atoms with E-state index in [2.05, 4.69) is 0 Å². The van der Waals surface area contributed by atoms with Crippen molar-refractivity contribution in [3.63, 3.8) is 0 Å². The number of hydrogen-bond acceptors (Lipinski definition) is 2. The number of carbonyl (C=O) groups excluding carboxylic acids is 1. The molecule has 0 saturated heterocycles. The molecule has 0 aromatic carbocycles. The molecular weight excluding hydrogens is 224 g/mol. The summed E-state index contributed by atoms with van der Waals surface area (Å²) in [4.78, 5) is 11.0. The van der Waals surface area contributed by atoms with Gasteiger partial charge in [-0.1, -0.05) is 38.5 Å². The smallest absolute Gasteiger partial charge is 0.305 e. The molecule has 2 nitrogen and oxygen atoms in total. The van der Waals surface area contributed by atoms with Gasteiger partial charge >= 0.3 is 5.97 Å². The van der Waals surface area contributed by atoms with Gasteiger partial charge in [-0.3, -0.25) is 4.79 Å². The van der Waals surface area contributed by atoms with E-state index < -0.39 is 0 Å². The molecule has 0 atom stereocenters. The molecule has 0 bridgehead atoms. The first-order valence-corrected chi connectivity index (χ1v) is 7.06. The molecule has 0 unspecified atom stereocenters. The fourth-order valence-electron chi connectivity index (χ4n) is 1.66. The summed E-state index contributed by atoms with van der Waals surface area (Å²) >= 11 is 5.59. The molecule has 0 aliphatic rings. The van der Waals surface area contributed by atoms with Gasteiger partial charge in [-0.2, -0.15) is 0 Å². The Morgan fingerprint density at radius 3 is 1.94 bits per heavy atom. The van der Waals surface area contributed by atoms with Crippen LogP contribution in [0, 0.1) is 0 Å². The fraction of sp³-hybridized carbons (Fsp3) is 0.923. The van der Waals surface area contributed by atoms with Crippen molar-refractivity contribution in [2.24, 2.45) is 0 Å². The van der Waals surface area contributed by atoms with Crippen molar-refractivity contribution in [2.45, 2.75) is 64.7 Å². The number of unbranched alkanes of at least 4 members (excludes halogenated alkanes) is 7. The van der Waals surface area contributed by atoms with E-state index >= 15 is 0 Å². The highest BCUT2D eigenvalue weighted by molar-refractivity contribution is 6.17. The van der Waals surface area contributed by atoms with Crippen molar-refractivity contribution in [1.29, 1.82) is 0 Å². The van der Waals surface area contributed by atoms with E-state index in [1.807, 2.05) is 6.92 Å². The third kappa shape index (κ3) is 11.8. The van der Waals surface area contributed by atoms with Crippen LogP contribution in [0.15, 0.2) is 0 Å². The monoisotopic (exact) mass is 248 g/mol. The highest BCUT2D eigenvalue weighted by atomic mass is 35.5. The molecule has 0 aromatic heterocycles. The predicted molar refractivity (Wildman–Crippen MR) is 68.9 cm³/mol. The molecule has 0 N–H and O–H groups in total. The summed E-state index contributed by atoms with van der Waals surface area (Å²) < 4.78 is 4.86. The third-order valence-electron chi connectivity index (χ3n) is 2.57. The van der Waals surface area contributed by atoms with Crippen LogP contribution in [-0.4, -0.2) is 18.5 Å². The van der Waals surface area contributed by atoms with E-state index in [1.54, 1.807) is 0 Å². The van der Waals surface area contributed by atoms with Crippen LogP contribution in [0.4, 0.5) is 0 Å². The van der Waals surface area contributed by atoms with E-state index in [4.69, 9.17) is 16.3 Å². The number of hydrogen-bond donors (Lipinski definition) is 0. The van der Waals surface area contributed by atoms with Crippen LogP contribution in [0.25, 0.3) is 0 Å². The Bertz CT molecular complexity index is 160. The summed E-state index contributed by atoms with van der Waals surface area (Å²) in [6.07, 6.45) is 10.2. The van der Waals surface area contributed by atoms with Gasteiger partial charge in [-0.25, -0.2) is 0 Å². The van der Waals surface area contributed by atoms with Crippen LogP contribution in [-0.2, 0) is 9.53 Å². The van der Waals surface area contributed by atoms with E-state index in [-0.39, 0.29) is 5.97 Å². The second-order valence-electron chi connectivity index (χ2n) is 4.07. The van der Waals surface area contributed by atoms with Gasteiger partial charge in [-0.15, -0.1) is 11.6 Å². The minimum absolute atomic E-state index is 0.0513. The predicted octanol–water partition coefficient (Wildman–Crippen LogP) is 4.30. The summed E-state index contributed by atoms with van der Waals surface area (Å²) in [6.45, 7) is 2.35. The van der Waals surface area contributed by atoms with Gasteiger partial charge in [0.1, 0.15) is 0 Å². The van der Waals surface area contributed by atoms with E-state index in [0.29, 0.717) is 13.0 Å². The summed E-state index contributed by atoms with van der Waals surface area (Å²) in [5, 5.41) is 0. The summed E-state index contributed by atoms with van der Waals surface area (Å²) in [5.74, 6) is 0.740. The SMILES string of the molecule is CCOC(=O)CCCCCCCCCCCl. The van der Waals surface area contributed by atoms with Crippen LogP contribution in [0.5, 0.6) is 0 Å². The van der Waals surface area contributed by atoms with Crippen molar-refractivity contribution in [3.8, 4) is 0 Å². The molecule has 0 spiro atoms. The number of rotatable bonds is 11. The maximum Gasteiger partial charge on any atom is 0.305 e. The Hall–Kier alpha value is -0.240. The van der Waals surface area contributed by atoms with Crippen LogP contribution in [0.3, 0.4) is 0 Å². The Kier molecular flexibility index (Phi) is 12.6. The van der Waals surface area contributed by atoms with Gasteiger partial charge in [0.2, 0.25) is 0 Å². The normalized spacial score (nSPS) is 10.4. The first kappa shape index (κ1) is 15.8. The molecule has 0 rings (SSSR count). The van der Waals surface area contributed by atoms with Crippen molar-refractivity contribution >= 4 is 17.6 Å². The van der Waals surface area contributed by atoms with Gasteiger partial charge < -0.3 is 4.74 Å². The molecule has 0 amide bonds. The lowest BCUT2D eigenvalue weighted by Gasteiger charge is -2.02. The zero-order valence-corrected chi connectivity index (χ0v) is 11.2. The third-order valence-corrected chi connectivity index (χ3v) is 2.84. The lowest BCUT2D eigenvalue weighted by atomic mass is 10.1. The van der Waals surface area contributed by atoms with Crippen molar-refractivity contribution in [2.75, 3.05) is 12.5 Å². The molecule has 3 heteroatoms. The Morgan fingerprint density at radius 2 is 1.44 bits per heavy atom. The molecule has 0 radical (unpaired) electrons. The number of alkyl halides is 1. The highest BCUT2D eigenvalue weighted by Gasteiger charge is 2.00. The molecule has 0 aliphatic carbocycles. The molecule has 0 saturated carbocycles. The second-order valence-corrected chi connectivity index (χ2v) is 4.45. The molecule has 0 heterocycles. The van der Waals surface area contributed by atoms with Crippen molar-refractivity contribution < 1.29 is 9.53 Å². The lowest BCUT2D eigenvalue weighted by molar-refractivity contribution is -0.143. The van der Waals surface area contributed by atoms with Gasteiger partial charge in [-0.05, 0) is 19.8 Å². The molecule has 0 aromatic rings. The first-order chi connectivity index (χ1) is 7.81. The Labute approximate surface area is 105 Å². The molecular formula is C13H25ClO2. The minimum Gasteiger partial charge on any atom is -0.466 e. The van der Waals surface area contributed by atoms with Gasteiger partial charge in [0.15, 0.2) is 0 Å². The molecule has 0 fully saturated rings. The summed E-state index contributed by atoms with van der Waals surface area (Å²) in [6, 6.07) is 0. The Morgan fingerprint density at radius 1 is 0.938 bits per heavy atom. The minimum atomic E-state index is -0.0513. The van der Waals surface area contributed by atoms with Gasteiger partial charge in [0.05, 0.1) is 6.61 Å². The topological polar surface area (TPSA) is 26.3 Å². The summed E-state index contributed by atoms with van der Waals surface area (Å²) in [5.41, 5.74) is 0.